The number of nitrogens with zero attached hydrogens (tertiary/aromatic N) is 5. The summed E-state index contributed by atoms with van der Waals surface area (Å²) in [7, 11) is 2.04. The van der Waals surface area contributed by atoms with E-state index < -0.39 is 12.3 Å². The molecule has 35 heavy (non-hydrogen) atoms. The van der Waals surface area contributed by atoms with Crippen molar-refractivity contribution in [2.45, 2.75) is 13.3 Å². The summed E-state index contributed by atoms with van der Waals surface area (Å²) in [6, 6.07) is 10.6. The molecule has 2 heterocycles. The fourth-order valence-corrected chi connectivity index (χ4v) is 3.60. The first-order valence-electron chi connectivity index (χ1n) is 10.8. The van der Waals surface area contributed by atoms with Gasteiger partial charge in [0.25, 0.3) is 0 Å². The van der Waals surface area contributed by atoms with Crippen molar-refractivity contribution in [1.82, 2.24) is 19.9 Å². The van der Waals surface area contributed by atoms with Gasteiger partial charge in [-0.3, -0.25) is 4.79 Å². The number of hydrogen-bond donors (Lipinski definition) is 2. The van der Waals surface area contributed by atoms with Gasteiger partial charge in [0.2, 0.25) is 17.8 Å². The van der Waals surface area contributed by atoms with Crippen LogP contribution in [0.3, 0.4) is 0 Å². The van der Waals surface area contributed by atoms with E-state index in [1.807, 2.05) is 11.9 Å². The number of nitrogens with two attached hydrogens (primary N) is 1. The van der Waals surface area contributed by atoms with E-state index in [1.54, 1.807) is 31.2 Å². The van der Waals surface area contributed by atoms with E-state index >= 15 is 0 Å². The molecule has 3 aromatic rings. The van der Waals surface area contributed by atoms with E-state index in [1.165, 1.54) is 18.2 Å². The Hall–Kier alpha value is -3.93. The molecule has 1 aliphatic rings. The smallest absolute Gasteiger partial charge is 0.406 e. The van der Waals surface area contributed by atoms with E-state index in [0.717, 1.165) is 13.1 Å². The number of ether oxygens (including phenoxy) is 1. The summed E-state index contributed by atoms with van der Waals surface area (Å²) in [5, 5.41) is 3.07. The second kappa shape index (κ2) is 9.74. The van der Waals surface area contributed by atoms with Gasteiger partial charge in [-0.15, -0.1) is 13.2 Å². The molecule has 1 saturated heterocycles. The lowest BCUT2D eigenvalue weighted by Gasteiger charge is -2.32. The zero-order valence-electron chi connectivity index (χ0n) is 19.1. The first kappa shape index (κ1) is 24.2. The Labute approximate surface area is 199 Å². The molecule has 9 nitrogen and oxygen atoms in total. The SMILES string of the molecule is Cc1cc(OC(F)(F)F)ccc1Nc1nc(-c2cccc(C(N)=O)c2)nc(N2CCN(C)CC2)n1. The predicted molar refractivity (Wildman–Crippen MR) is 125 cm³/mol. The maximum Gasteiger partial charge on any atom is 0.573 e. The number of nitrogens with one attached hydrogen (secondary N) is 1. The van der Waals surface area contributed by atoms with Crippen LogP contribution in [0.15, 0.2) is 42.5 Å². The molecule has 0 atom stereocenters. The number of piperazine rings is 1. The van der Waals surface area contributed by atoms with Crippen molar-refractivity contribution in [3.63, 3.8) is 0 Å². The van der Waals surface area contributed by atoms with Gasteiger partial charge in [0, 0.05) is 43.0 Å². The Morgan fingerprint density at radius 1 is 1.06 bits per heavy atom. The van der Waals surface area contributed by atoms with Gasteiger partial charge in [0.1, 0.15) is 5.75 Å². The van der Waals surface area contributed by atoms with Gasteiger partial charge in [0.15, 0.2) is 5.82 Å². The minimum absolute atomic E-state index is 0.209. The lowest BCUT2D eigenvalue weighted by Crippen LogP contribution is -2.45. The molecule has 0 radical (unpaired) electrons. The Morgan fingerprint density at radius 3 is 2.46 bits per heavy atom. The predicted octanol–water partition coefficient (Wildman–Crippen LogP) is 3.34. The highest BCUT2D eigenvalue weighted by atomic mass is 19.4. The number of rotatable bonds is 6. The Morgan fingerprint density at radius 2 is 1.80 bits per heavy atom. The molecule has 1 fully saturated rings. The molecule has 2 aromatic carbocycles. The maximum atomic E-state index is 12.5. The van der Waals surface area contributed by atoms with Crippen molar-refractivity contribution < 1.29 is 22.7 Å². The third-order valence-electron chi connectivity index (χ3n) is 5.49. The minimum Gasteiger partial charge on any atom is -0.406 e. The highest BCUT2D eigenvalue weighted by Crippen LogP contribution is 2.29. The number of aromatic nitrogens is 3. The number of hydrogen-bond acceptors (Lipinski definition) is 8. The van der Waals surface area contributed by atoms with E-state index in [4.69, 9.17) is 5.73 Å². The van der Waals surface area contributed by atoms with Crippen LogP contribution in [0, 0.1) is 6.92 Å². The molecule has 3 N–H and O–H groups in total. The van der Waals surface area contributed by atoms with Crippen molar-refractivity contribution in [3.05, 3.63) is 53.6 Å². The van der Waals surface area contributed by atoms with Crippen molar-refractivity contribution in [3.8, 4) is 17.1 Å². The van der Waals surface area contributed by atoms with E-state index in [-0.39, 0.29) is 11.7 Å². The van der Waals surface area contributed by atoms with Gasteiger partial charge in [-0.1, -0.05) is 12.1 Å². The Kier molecular flexibility index (Phi) is 6.74. The fraction of sp³-hybridized carbons (Fsp3) is 0.304. The second-order valence-electron chi connectivity index (χ2n) is 8.17. The molecule has 0 aliphatic carbocycles. The van der Waals surface area contributed by atoms with Crippen molar-refractivity contribution in [2.24, 2.45) is 5.73 Å². The maximum absolute atomic E-state index is 12.5. The largest absolute Gasteiger partial charge is 0.573 e. The third kappa shape index (κ3) is 6.15. The molecule has 0 spiro atoms. The number of benzene rings is 2. The molecule has 1 aliphatic heterocycles. The van der Waals surface area contributed by atoms with Crippen LogP contribution in [-0.2, 0) is 0 Å². The van der Waals surface area contributed by atoms with E-state index in [9.17, 15) is 18.0 Å². The number of halogens is 3. The number of carbonyl (C=O) groups excluding carboxylic acids is 1. The van der Waals surface area contributed by atoms with Gasteiger partial charge in [-0.25, -0.2) is 0 Å². The van der Waals surface area contributed by atoms with Crippen LogP contribution in [0.25, 0.3) is 11.4 Å². The van der Waals surface area contributed by atoms with Crippen LogP contribution >= 0.6 is 0 Å². The Bertz CT molecular complexity index is 1230. The number of anilines is 3. The number of aryl methyl sites for hydroxylation is 1. The van der Waals surface area contributed by atoms with Crippen molar-refractivity contribution in [2.75, 3.05) is 43.4 Å². The van der Waals surface area contributed by atoms with Gasteiger partial charge in [0.05, 0.1) is 0 Å². The van der Waals surface area contributed by atoms with Crippen LogP contribution in [0.4, 0.5) is 30.8 Å². The summed E-state index contributed by atoms with van der Waals surface area (Å²) >= 11 is 0. The molecule has 12 heteroatoms. The zero-order chi connectivity index (χ0) is 25.2. The molecular formula is C23H24F3N7O2. The number of amides is 1. The molecule has 4 rings (SSSR count). The summed E-state index contributed by atoms with van der Waals surface area (Å²) in [5.41, 5.74) is 7.32. The highest BCUT2D eigenvalue weighted by molar-refractivity contribution is 5.93. The van der Waals surface area contributed by atoms with Crippen LogP contribution in [0.5, 0.6) is 5.75 Å². The van der Waals surface area contributed by atoms with Gasteiger partial charge in [-0.05, 0) is 49.9 Å². The minimum atomic E-state index is -4.78. The highest BCUT2D eigenvalue weighted by Gasteiger charge is 2.31. The van der Waals surface area contributed by atoms with E-state index in [0.29, 0.717) is 47.2 Å². The standard InChI is InChI=1S/C23H24F3N7O2/c1-14-12-17(35-23(24,25)26)6-7-18(14)28-21-29-20(16-5-3-4-15(13-16)19(27)34)30-22(31-21)33-10-8-32(2)9-11-33/h3-7,12-13H,8-11H2,1-2H3,(H2,27,34)(H,28,29,30,31). The van der Waals surface area contributed by atoms with E-state index in [2.05, 4.69) is 29.9 Å². The molecule has 0 unspecified atom stereocenters. The average Bonchev–Trinajstić information content (AvgIpc) is 2.80. The molecular weight excluding hydrogens is 463 g/mol. The normalized spacial score (nSPS) is 14.6. The molecule has 184 valence electrons. The first-order chi connectivity index (χ1) is 16.6. The van der Waals surface area contributed by atoms with Gasteiger partial charge in [-0.2, -0.15) is 15.0 Å². The van der Waals surface area contributed by atoms with Crippen molar-refractivity contribution in [1.29, 1.82) is 0 Å². The summed E-state index contributed by atoms with van der Waals surface area (Å²) in [6.45, 7) is 4.74. The summed E-state index contributed by atoms with van der Waals surface area (Å²) < 4.78 is 41.6. The quantitative estimate of drug-likeness (QED) is 0.545. The second-order valence-corrected chi connectivity index (χ2v) is 8.17. The summed E-state index contributed by atoms with van der Waals surface area (Å²) in [5.74, 6) is 0.0913. The van der Waals surface area contributed by atoms with Crippen LogP contribution < -0.4 is 20.7 Å². The fourth-order valence-electron chi connectivity index (χ4n) is 3.60. The molecule has 0 bridgehead atoms. The number of likely N-dealkylation sites (N-methyl/N-ethyl adjacent to an activating group) is 1. The van der Waals surface area contributed by atoms with Crippen LogP contribution in [-0.4, -0.2) is 65.3 Å². The van der Waals surface area contributed by atoms with Crippen molar-refractivity contribution >= 4 is 23.5 Å². The Balaban J connectivity index is 1.69. The lowest BCUT2D eigenvalue weighted by molar-refractivity contribution is -0.274. The summed E-state index contributed by atoms with van der Waals surface area (Å²) in [6.07, 6.45) is -4.78. The number of primary amides is 1. The zero-order valence-corrected chi connectivity index (χ0v) is 19.1. The van der Waals surface area contributed by atoms with Gasteiger partial charge < -0.3 is 25.6 Å². The monoisotopic (exact) mass is 487 g/mol. The topological polar surface area (TPSA) is 110 Å². The molecule has 1 amide bonds. The first-order valence-corrected chi connectivity index (χ1v) is 10.8. The molecule has 1 aromatic heterocycles. The number of alkyl halides is 3. The van der Waals surface area contributed by atoms with Crippen LogP contribution in [0.2, 0.25) is 0 Å². The third-order valence-corrected chi connectivity index (χ3v) is 5.49. The molecule has 0 saturated carbocycles. The van der Waals surface area contributed by atoms with Crippen LogP contribution in [0.1, 0.15) is 15.9 Å². The lowest BCUT2D eigenvalue weighted by atomic mass is 10.1. The number of carbonyl (C=O) groups is 1. The summed E-state index contributed by atoms with van der Waals surface area (Å²) in [4.78, 5) is 29.6. The van der Waals surface area contributed by atoms with Gasteiger partial charge >= 0.3 is 6.36 Å². The average molecular weight is 487 g/mol.